The van der Waals surface area contributed by atoms with Gasteiger partial charge in [0.25, 0.3) is 0 Å². The van der Waals surface area contributed by atoms with Gasteiger partial charge in [0, 0.05) is 19.1 Å². The molecule has 0 aliphatic heterocycles. The molecule has 0 rings (SSSR count). The molecule has 0 heterocycles. The maximum absolute atomic E-state index is 12.2. The minimum Gasteiger partial charge on any atom is -0.376 e. The van der Waals surface area contributed by atoms with E-state index in [1.165, 1.54) is 0 Å². The summed E-state index contributed by atoms with van der Waals surface area (Å²) in [6, 6.07) is -0.0349. The first-order valence-electron chi connectivity index (χ1n) is 7.03. The summed E-state index contributed by atoms with van der Waals surface area (Å²) in [7, 11) is 0. The molecule has 1 N–H and O–H groups in total. The number of ether oxygens (including phenoxy) is 1. The number of nitrogens with one attached hydrogen (secondary N) is 1. The van der Waals surface area contributed by atoms with Crippen LogP contribution in [0.1, 0.15) is 53.9 Å². The van der Waals surface area contributed by atoms with E-state index in [9.17, 15) is 13.2 Å². The first kappa shape index (κ1) is 18.7. The minimum atomic E-state index is -4.07. The number of halogens is 3. The lowest BCUT2D eigenvalue weighted by Gasteiger charge is -2.37. The zero-order chi connectivity index (χ0) is 15.1. The van der Waals surface area contributed by atoms with Crippen LogP contribution in [-0.4, -0.2) is 31.5 Å². The molecule has 0 aromatic carbocycles. The molecule has 0 saturated heterocycles. The lowest BCUT2D eigenvalue weighted by atomic mass is 9.82. The Morgan fingerprint density at radius 2 is 1.68 bits per heavy atom. The van der Waals surface area contributed by atoms with E-state index in [0.29, 0.717) is 13.0 Å². The van der Waals surface area contributed by atoms with Crippen LogP contribution in [0.3, 0.4) is 0 Å². The third kappa shape index (κ3) is 8.47. The van der Waals surface area contributed by atoms with Crippen LogP contribution in [0.15, 0.2) is 0 Å². The van der Waals surface area contributed by atoms with Gasteiger partial charge in [-0.25, -0.2) is 0 Å². The average molecular weight is 283 g/mol. The summed E-state index contributed by atoms with van der Waals surface area (Å²) in [4.78, 5) is 0. The summed E-state index contributed by atoms with van der Waals surface area (Å²) in [6.45, 7) is 11.4. The average Bonchev–Trinajstić information content (AvgIpc) is 2.21. The predicted octanol–water partition coefficient (Wildman–Crippen LogP) is 4.15. The molecule has 0 aliphatic rings. The molecule has 2 unspecified atom stereocenters. The number of hydrogen-bond acceptors (Lipinski definition) is 2. The summed E-state index contributed by atoms with van der Waals surface area (Å²) in [5, 5.41) is 3.27. The summed E-state index contributed by atoms with van der Waals surface area (Å²) >= 11 is 0. The van der Waals surface area contributed by atoms with Crippen LogP contribution in [0.2, 0.25) is 0 Å². The Morgan fingerprint density at radius 3 is 2.05 bits per heavy atom. The van der Waals surface area contributed by atoms with E-state index < -0.39 is 12.6 Å². The largest absolute Gasteiger partial charge is 0.389 e. The summed E-state index contributed by atoms with van der Waals surface area (Å²) in [6.07, 6.45) is -4.25. The molecule has 19 heavy (non-hydrogen) atoms. The number of alkyl halides is 3. The predicted molar refractivity (Wildman–Crippen MR) is 72.2 cm³/mol. The summed E-state index contributed by atoms with van der Waals surface area (Å²) in [5.74, 6) is 0. The molecule has 0 bridgehead atoms. The second kappa shape index (κ2) is 8.10. The molecule has 0 spiro atoms. The highest BCUT2D eigenvalue weighted by Gasteiger charge is 2.33. The lowest BCUT2D eigenvalue weighted by molar-refractivity contribution is -0.136. The van der Waals surface area contributed by atoms with Crippen LogP contribution >= 0.6 is 0 Å². The van der Waals surface area contributed by atoms with Gasteiger partial charge in [0.15, 0.2) is 0 Å². The Kier molecular flexibility index (Phi) is 7.98. The molecule has 0 aromatic rings. The van der Waals surface area contributed by atoms with E-state index in [4.69, 9.17) is 4.74 Å². The van der Waals surface area contributed by atoms with E-state index >= 15 is 0 Å². The molecule has 2 nitrogen and oxygen atoms in total. The third-order valence-corrected chi connectivity index (χ3v) is 3.01. The molecular formula is C14H28F3NO. The molecule has 0 fully saturated rings. The van der Waals surface area contributed by atoms with Gasteiger partial charge in [-0.2, -0.15) is 13.2 Å². The van der Waals surface area contributed by atoms with Gasteiger partial charge in [0.2, 0.25) is 0 Å². The van der Waals surface area contributed by atoms with Gasteiger partial charge in [-0.3, -0.25) is 0 Å². The van der Waals surface area contributed by atoms with Gasteiger partial charge in [-0.15, -0.1) is 0 Å². The Labute approximate surface area is 115 Å². The second-order valence-electron chi connectivity index (χ2n) is 5.91. The quantitative estimate of drug-likeness (QED) is 0.722. The van der Waals surface area contributed by atoms with Gasteiger partial charge < -0.3 is 10.1 Å². The number of rotatable bonds is 8. The lowest BCUT2D eigenvalue weighted by Crippen LogP contribution is -2.48. The Morgan fingerprint density at radius 1 is 1.11 bits per heavy atom. The second-order valence-corrected chi connectivity index (χ2v) is 5.91. The molecule has 0 saturated carbocycles. The Bertz CT molecular complexity index is 236. The van der Waals surface area contributed by atoms with Crippen LogP contribution < -0.4 is 5.32 Å². The highest BCUT2D eigenvalue weighted by molar-refractivity contribution is 4.86. The summed E-state index contributed by atoms with van der Waals surface area (Å²) in [5.41, 5.74) is -0.0962. The zero-order valence-corrected chi connectivity index (χ0v) is 12.7. The van der Waals surface area contributed by atoms with Crippen LogP contribution in [0.5, 0.6) is 0 Å². The van der Waals surface area contributed by atoms with Crippen LogP contribution in [0.4, 0.5) is 13.2 Å². The van der Waals surface area contributed by atoms with Crippen molar-refractivity contribution in [3.63, 3.8) is 0 Å². The zero-order valence-electron chi connectivity index (χ0n) is 12.7. The van der Waals surface area contributed by atoms with Crippen molar-refractivity contribution in [2.75, 3.05) is 13.2 Å². The SMILES string of the molecule is CCNC(CCCC(F)(F)F)C(OCC)C(C)(C)C. The van der Waals surface area contributed by atoms with Crippen molar-refractivity contribution in [3.05, 3.63) is 0 Å². The van der Waals surface area contributed by atoms with Gasteiger partial charge >= 0.3 is 6.18 Å². The highest BCUT2D eigenvalue weighted by Crippen LogP contribution is 2.29. The topological polar surface area (TPSA) is 21.3 Å². The van der Waals surface area contributed by atoms with Crippen LogP contribution in [0.25, 0.3) is 0 Å². The first-order valence-corrected chi connectivity index (χ1v) is 7.03. The van der Waals surface area contributed by atoms with Crippen molar-refractivity contribution in [2.24, 2.45) is 5.41 Å². The number of likely N-dealkylation sites (N-methyl/N-ethyl adjacent to an activating group) is 1. The smallest absolute Gasteiger partial charge is 0.376 e. The molecule has 0 amide bonds. The monoisotopic (exact) mass is 283 g/mol. The van der Waals surface area contributed by atoms with Crippen molar-refractivity contribution >= 4 is 0 Å². The van der Waals surface area contributed by atoms with Crippen molar-refractivity contribution in [3.8, 4) is 0 Å². The maximum atomic E-state index is 12.2. The molecule has 116 valence electrons. The van der Waals surface area contributed by atoms with E-state index in [2.05, 4.69) is 26.1 Å². The Hall–Kier alpha value is -0.290. The summed E-state index contributed by atoms with van der Waals surface area (Å²) < 4.78 is 42.4. The van der Waals surface area contributed by atoms with Gasteiger partial charge in [-0.1, -0.05) is 27.7 Å². The van der Waals surface area contributed by atoms with Crippen LogP contribution in [0, 0.1) is 5.41 Å². The van der Waals surface area contributed by atoms with Crippen molar-refractivity contribution < 1.29 is 17.9 Å². The normalized spacial score (nSPS) is 16.4. The van der Waals surface area contributed by atoms with Crippen molar-refractivity contribution in [2.45, 2.75) is 72.2 Å². The molecule has 0 aliphatic carbocycles. The fourth-order valence-corrected chi connectivity index (χ4v) is 2.29. The number of hydrogen-bond donors (Lipinski definition) is 1. The van der Waals surface area contributed by atoms with Crippen LogP contribution in [-0.2, 0) is 4.74 Å². The third-order valence-electron chi connectivity index (χ3n) is 3.01. The van der Waals surface area contributed by atoms with E-state index in [-0.39, 0.29) is 24.0 Å². The van der Waals surface area contributed by atoms with Gasteiger partial charge in [0.05, 0.1) is 6.10 Å². The van der Waals surface area contributed by atoms with E-state index in [1.54, 1.807) is 0 Å². The maximum Gasteiger partial charge on any atom is 0.389 e. The first-order chi connectivity index (χ1) is 8.61. The highest BCUT2D eigenvalue weighted by atomic mass is 19.4. The fraction of sp³-hybridized carbons (Fsp3) is 1.00. The molecule has 2 atom stereocenters. The molecular weight excluding hydrogens is 255 g/mol. The van der Waals surface area contributed by atoms with Gasteiger partial charge in [0.1, 0.15) is 0 Å². The fourth-order valence-electron chi connectivity index (χ4n) is 2.29. The molecule has 0 aromatic heterocycles. The Balaban J connectivity index is 4.57. The molecule has 0 radical (unpaired) electrons. The van der Waals surface area contributed by atoms with Crippen molar-refractivity contribution in [1.29, 1.82) is 0 Å². The van der Waals surface area contributed by atoms with E-state index in [0.717, 1.165) is 6.54 Å². The standard InChI is InChI=1S/C14H28F3NO/c1-6-18-11(9-8-10-14(15,16)17)12(19-7-2)13(3,4)5/h11-12,18H,6-10H2,1-5H3. The molecule has 5 heteroatoms. The van der Waals surface area contributed by atoms with Gasteiger partial charge in [-0.05, 0) is 31.7 Å². The van der Waals surface area contributed by atoms with Crippen molar-refractivity contribution in [1.82, 2.24) is 5.32 Å². The minimum absolute atomic E-state index is 0.0349. The van der Waals surface area contributed by atoms with E-state index in [1.807, 2.05) is 13.8 Å².